The Hall–Kier alpha value is -0.920. The number of allylic oxidation sites excluding steroid dienone is 1. The lowest BCUT2D eigenvalue weighted by molar-refractivity contribution is 0.432. The van der Waals surface area contributed by atoms with Crippen LogP contribution in [0.5, 0.6) is 0 Å². The lowest BCUT2D eigenvalue weighted by atomic mass is 10.3. The van der Waals surface area contributed by atoms with E-state index in [1.807, 2.05) is 13.1 Å². The third-order valence-electron chi connectivity index (χ3n) is 1.66. The van der Waals surface area contributed by atoms with Crippen molar-refractivity contribution in [2.45, 2.75) is 6.92 Å². The molecule has 0 aromatic rings. The Morgan fingerprint density at radius 1 is 1.70 bits per heavy atom. The van der Waals surface area contributed by atoms with Gasteiger partial charge >= 0.3 is 0 Å². The fourth-order valence-electron chi connectivity index (χ4n) is 0.922. The number of rotatable bonds is 2. The van der Waals surface area contributed by atoms with E-state index in [2.05, 4.69) is 29.4 Å². The van der Waals surface area contributed by atoms with E-state index in [0.29, 0.717) is 0 Å². The molecule has 1 radical (unpaired) electrons. The van der Waals surface area contributed by atoms with Gasteiger partial charge in [0.1, 0.15) is 0 Å². The molecule has 0 aliphatic carbocycles. The van der Waals surface area contributed by atoms with Crippen molar-refractivity contribution in [3.8, 4) is 0 Å². The molecule has 55 valence electrons. The number of likely N-dealkylation sites (N-methyl/N-ethyl adjacent to an activating group) is 2. The van der Waals surface area contributed by atoms with Crippen LogP contribution in [0.1, 0.15) is 6.92 Å². The number of nitrogens with zero attached hydrogens (tertiary/aromatic N) is 2. The predicted octanol–water partition coefficient (Wildman–Crippen LogP) is 0.954. The molecule has 0 saturated carbocycles. The largest absolute Gasteiger partial charge is 0.374 e. The van der Waals surface area contributed by atoms with E-state index in [0.717, 1.165) is 18.8 Å². The fraction of sp³-hybridized carbons (Fsp3) is 0.500. The Labute approximate surface area is 62.2 Å². The molecule has 2 nitrogen and oxygen atoms in total. The highest BCUT2D eigenvalue weighted by Crippen LogP contribution is 2.03. The first-order valence-electron chi connectivity index (χ1n) is 3.59. The quantitative estimate of drug-likeness (QED) is 0.554. The lowest BCUT2D eigenvalue weighted by Gasteiger charge is -2.19. The third kappa shape index (κ3) is 1.53. The molecule has 0 spiro atoms. The fourth-order valence-corrected chi connectivity index (χ4v) is 0.922. The molecule has 0 fully saturated rings. The van der Waals surface area contributed by atoms with Crippen LogP contribution in [0.4, 0.5) is 0 Å². The van der Waals surface area contributed by atoms with E-state index >= 15 is 0 Å². The van der Waals surface area contributed by atoms with E-state index in [9.17, 15) is 0 Å². The van der Waals surface area contributed by atoms with Gasteiger partial charge in [-0.05, 0) is 19.1 Å². The van der Waals surface area contributed by atoms with Gasteiger partial charge in [-0.15, -0.1) is 0 Å². The highest BCUT2D eigenvalue weighted by Gasteiger charge is 1.99. The summed E-state index contributed by atoms with van der Waals surface area (Å²) < 4.78 is 0. The van der Waals surface area contributed by atoms with Gasteiger partial charge in [0.05, 0.1) is 5.70 Å². The molecule has 0 aromatic heterocycles. The summed E-state index contributed by atoms with van der Waals surface area (Å²) in [5.74, 6) is 0. The molecule has 0 amide bonds. The topological polar surface area (TPSA) is 17.3 Å². The smallest absolute Gasteiger partial charge is 0.0562 e. The van der Waals surface area contributed by atoms with Gasteiger partial charge in [0.15, 0.2) is 0 Å². The van der Waals surface area contributed by atoms with Crippen LogP contribution in [0.3, 0.4) is 0 Å². The summed E-state index contributed by atoms with van der Waals surface area (Å²) in [4.78, 5) is 2.23. The molecular formula is C8H13N2. The lowest BCUT2D eigenvalue weighted by Crippen LogP contribution is -2.20. The van der Waals surface area contributed by atoms with Gasteiger partial charge in [0, 0.05) is 26.3 Å². The molecule has 0 atom stereocenters. The maximum absolute atomic E-state index is 4.06. The zero-order valence-electron chi connectivity index (χ0n) is 6.54. The minimum Gasteiger partial charge on any atom is -0.374 e. The number of hydrogen-bond donors (Lipinski definition) is 0. The van der Waals surface area contributed by atoms with Crippen LogP contribution in [0.2, 0.25) is 0 Å². The molecule has 1 aliphatic heterocycles. The summed E-state index contributed by atoms with van der Waals surface area (Å²) >= 11 is 0. The molecule has 0 bridgehead atoms. The maximum atomic E-state index is 4.06. The third-order valence-corrected chi connectivity index (χ3v) is 1.66. The van der Waals surface area contributed by atoms with Crippen LogP contribution in [0, 0.1) is 0 Å². The van der Waals surface area contributed by atoms with Crippen LogP contribution in [-0.2, 0) is 0 Å². The van der Waals surface area contributed by atoms with Crippen LogP contribution in [-0.4, -0.2) is 25.0 Å². The molecular weight excluding hydrogens is 124 g/mol. The molecule has 1 rings (SSSR count). The highest BCUT2D eigenvalue weighted by molar-refractivity contribution is 5.19. The summed E-state index contributed by atoms with van der Waals surface area (Å²) in [6.45, 7) is 4.22. The second-order valence-corrected chi connectivity index (χ2v) is 2.26. The van der Waals surface area contributed by atoms with Gasteiger partial charge in [-0.25, -0.2) is 0 Å². The standard InChI is InChI=1S/C8H13N2/c1-3-10-6-4-8(9-2)5-7-10/h4-6H,3,7H2,1-2H3. The van der Waals surface area contributed by atoms with Crippen LogP contribution in [0.15, 0.2) is 24.0 Å². The first kappa shape index (κ1) is 7.19. The summed E-state index contributed by atoms with van der Waals surface area (Å²) in [5.41, 5.74) is 1.09. The van der Waals surface area contributed by atoms with Crippen molar-refractivity contribution < 1.29 is 0 Å². The molecule has 2 heteroatoms. The first-order chi connectivity index (χ1) is 4.86. The van der Waals surface area contributed by atoms with Crippen molar-refractivity contribution in [2.75, 3.05) is 20.1 Å². The molecule has 0 saturated heterocycles. The average molecular weight is 137 g/mol. The Morgan fingerprint density at radius 2 is 2.50 bits per heavy atom. The monoisotopic (exact) mass is 137 g/mol. The second-order valence-electron chi connectivity index (χ2n) is 2.26. The molecule has 0 aromatic carbocycles. The zero-order chi connectivity index (χ0) is 7.40. The van der Waals surface area contributed by atoms with Crippen molar-refractivity contribution in [1.29, 1.82) is 0 Å². The van der Waals surface area contributed by atoms with E-state index in [1.165, 1.54) is 0 Å². The summed E-state index contributed by atoms with van der Waals surface area (Å²) in [7, 11) is 1.82. The van der Waals surface area contributed by atoms with Crippen molar-refractivity contribution in [3.63, 3.8) is 0 Å². The van der Waals surface area contributed by atoms with Gasteiger partial charge in [0.25, 0.3) is 0 Å². The van der Waals surface area contributed by atoms with Crippen molar-refractivity contribution >= 4 is 0 Å². The predicted molar refractivity (Wildman–Crippen MR) is 42.5 cm³/mol. The van der Waals surface area contributed by atoms with E-state index < -0.39 is 0 Å². The summed E-state index contributed by atoms with van der Waals surface area (Å²) in [6, 6.07) is 0. The zero-order valence-corrected chi connectivity index (χ0v) is 6.54. The average Bonchev–Trinajstić information content (AvgIpc) is 2.05. The molecule has 1 aliphatic rings. The van der Waals surface area contributed by atoms with Gasteiger partial charge in [0.2, 0.25) is 0 Å². The van der Waals surface area contributed by atoms with Gasteiger partial charge in [-0.1, -0.05) is 0 Å². The van der Waals surface area contributed by atoms with Crippen molar-refractivity contribution in [2.24, 2.45) is 0 Å². The molecule has 0 unspecified atom stereocenters. The first-order valence-corrected chi connectivity index (χ1v) is 3.59. The Morgan fingerprint density at radius 3 is 2.90 bits per heavy atom. The van der Waals surface area contributed by atoms with Crippen LogP contribution in [0.25, 0.3) is 0 Å². The molecule has 0 N–H and O–H groups in total. The highest BCUT2D eigenvalue weighted by atomic mass is 15.1. The van der Waals surface area contributed by atoms with E-state index in [4.69, 9.17) is 0 Å². The minimum atomic E-state index is 1.000. The normalized spacial score (nSPS) is 17.0. The van der Waals surface area contributed by atoms with Crippen LogP contribution < -0.4 is 5.32 Å². The van der Waals surface area contributed by atoms with Crippen molar-refractivity contribution in [1.82, 2.24) is 10.2 Å². The van der Waals surface area contributed by atoms with Gasteiger partial charge in [-0.3, -0.25) is 5.32 Å². The minimum absolute atomic E-state index is 1.000. The SMILES string of the molecule is CCN1C=CC([N]C)=CC1. The van der Waals surface area contributed by atoms with Gasteiger partial charge in [-0.2, -0.15) is 0 Å². The summed E-state index contributed by atoms with van der Waals surface area (Å²) in [5, 5.41) is 4.06. The number of hydrogen-bond acceptors (Lipinski definition) is 1. The van der Waals surface area contributed by atoms with Crippen LogP contribution >= 0.6 is 0 Å². The van der Waals surface area contributed by atoms with Gasteiger partial charge < -0.3 is 4.90 Å². The molecule has 1 heterocycles. The van der Waals surface area contributed by atoms with Crippen molar-refractivity contribution in [3.05, 3.63) is 24.0 Å². The van der Waals surface area contributed by atoms with E-state index in [1.54, 1.807) is 0 Å². The Bertz CT molecular complexity index is 159. The summed E-state index contributed by atoms with van der Waals surface area (Å²) in [6.07, 6.45) is 6.25. The Kier molecular flexibility index (Phi) is 2.37. The van der Waals surface area contributed by atoms with E-state index in [-0.39, 0.29) is 0 Å². The second kappa shape index (κ2) is 3.30. The molecule has 10 heavy (non-hydrogen) atoms. The maximum Gasteiger partial charge on any atom is 0.0562 e. The Balaban J connectivity index is 2.46.